The van der Waals surface area contributed by atoms with Gasteiger partial charge in [-0.1, -0.05) is 6.07 Å². The van der Waals surface area contributed by atoms with Gasteiger partial charge in [-0.3, -0.25) is 4.79 Å². The maximum atomic E-state index is 12.7. The highest BCUT2D eigenvalue weighted by atomic mass is 19.4. The fourth-order valence-corrected chi connectivity index (χ4v) is 1.69. The minimum atomic E-state index is -4.57. The van der Waals surface area contributed by atoms with Crippen LogP contribution < -0.4 is 5.32 Å². The van der Waals surface area contributed by atoms with Gasteiger partial charge in [-0.25, -0.2) is 14.8 Å². The van der Waals surface area contributed by atoms with E-state index in [1.807, 2.05) is 0 Å². The number of carbonyl (C=O) groups is 2. The molecule has 0 bridgehead atoms. The number of ether oxygens (including phenoxy) is 1. The number of hydrogen-bond acceptors (Lipinski definition) is 5. The first kappa shape index (κ1) is 16.4. The van der Waals surface area contributed by atoms with Crippen molar-refractivity contribution in [1.82, 2.24) is 9.97 Å². The number of nitrogens with zero attached hydrogens (tertiary/aromatic N) is 2. The van der Waals surface area contributed by atoms with Crippen LogP contribution in [0.1, 0.15) is 26.4 Å². The Labute approximate surface area is 128 Å². The van der Waals surface area contributed by atoms with E-state index in [9.17, 15) is 22.8 Å². The zero-order valence-electron chi connectivity index (χ0n) is 11.7. The molecule has 0 radical (unpaired) electrons. The molecule has 1 N–H and O–H groups in total. The number of esters is 1. The molecule has 2 aromatic rings. The zero-order valence-corrected chi connectivity index (χ0v) is 11.7. The van der Waals surface area contributed by atoms with Crippen molar-refractivity contribution in [3.63, 3.8) is 0 Å². The summed E-state index contributed by atoms with van der Waals surface area (Å²) in [6.07, 6.45) is -2.14. The number of benzene rings is 1. The van der Waals surface area contributed by atoms with Gasteiger partial charge in [-0.15, -0.1) is 0 Å². The Kier molecular flexibility index (Phi) is 4.58. The standard InChI is InChI=1S/C14H10F3N3O3/c1-23-13(22)10-11(19-6-5-18-10)20-12(21)8-3-2-4-9(7-8)14(15,16)17/h2-7H,1H3,(H,19,20,21). The normalized spacial score (nSPS) is 11.0. The lowest BCUT2D eigenvalue weighted by molar-refractivity contribution is -0.137. The SMILES string of the molecule is COC(=O)c1nccnc1NC(=O)c1cccc(C(F)(F)F)c1. The number of halogens is 3. The average molecular weight is 325 g/mol. The second-order valence-corrected chi connectivity index (χ2v) is 4.28. The first-order valence-corrected chi connectivity index (χ1v) is 6.21. The minimum absolute atomic E-state index is 0.207. The van der Waals surface area contributed by atoms with Crippen molar-refractivity contribution in [3.05, 3.63) is 53.5 Å². The van der Waals surface area contributed by atoms with Crippen molar-refractivity contribution < 1.29 is 27.5 Å². The summed E-state index contributed by atoms with van der Waals surface area (Å²) in [6, 6.07) is 3.86. The monoisotopic (exact) mass is 325 g/mol. The summed E-state index contributed by atoms with van der Waals surface area (Å²) < 4.78 is 42.5. The number of amides is 1. The third kappa shape index (κ3) is 3.82. The van der Waals surface area contributed by atoms with Gasteiger partial charge in [0.1, 0.15) is 0 Å². The molecule has 1 heterocycles. The first-order valence-electron chi connectivity index (χ1n) is 6.21. The summed E-state index contributed by atoms with van der Waals surface area (Å²) in [6.45, 7) is 0. The lowest BCUT2D eigenvalue weighted by atomic mass is 10.1. The van der Waals surface area contributed by atoms with Crippen LogP contribution in [-0.4, -0.2) is 29.0 Å². The molecule has 120 valence electrons. The number of hydrogen-bond donors (Lipinski definition) is 1. The zero-order chi connectivity index (χ0) is 17.0. The highest BCUT2D eigenvalue weighted by Crippen LogP contribution is 2.29. The Morgan fingerprint density at radius 1 is 1.17 bits per heavy atom. The average Bonchev–Trinajstić information content (AvgIpc) is 2.54. The Morgan fingerprint density at radius 2 is 1.87 bits per heavy atom. The van der Waals surface area contributed by atoms with Crippen molar-refractivity contribution in [3.8, 4) is 0 Å². The summed E-state index contributed by atoms with van der Waals surface area (Å²) in [7, 11) is 1.12. The molecule has 1 amide bonds. The highest BCUT2D eigenvalue weighted by Gasteiger charge is 2.31. The van der Waals surface area contributed by atoms with E-state index in [-0.39, 0.29) is 17.1 Å². The molecule has 0 saturated heterocycles. The van der Waals surface area contributed by atoms with E-state index >= 15 is 0 Å². The summed E-state index contributed by atoms with van der Waals surface area (Å²) in [5.41, 5.74) is -1.45. The van der Waals surface area contributed by atoms with Crippen LogP contribution in [0.4, 0.5) is 19.0 Å². The quantitative estimate of drug-likeness (QED) is 0.877. The topological polar surface area (TPSA) is 81.2 Å². The number of anilines is 1. The van der Waals surface area contributed by atoms with Crippen LogP contribution in [0.2, 0.25) is 0 Å². The van der Waals surface area contributed by atoms with Crippen molar-refractivity contribution in [2.45, 2.75) is 6.18 Å². The molecule has 23 heavy (non-hydrogen) atoms. The molecule has 0 aliphatic heterocycles. The highest BCUT2D eigenvalue weighted by molar-refractivity contribution is 6.06. The van der Waals surface area contributed by atoms with Gasteiger partial charge in [0.2, 0.25) is 0 Å². The van der Waals surface area contributed by atoms with Gasteiger partial charge in [-0.2, -0.15) is 13.2 Å². The van der Waals surface area contributed by atoms with Crippen LogP contribution >= 0.6 is 0 Å². The van der Waals surface area contributed by atoms with Gasteiger partial charge < -0.3 is 10.1 Å². The van der Waals surface area contributed by atoms with E-state index in [0.717, 1.165) is 19.2 Å². The van der Waals surface area contributed by atoms with Crippen molar-refractivity contribution in [1.29, 1.82) is 0 Å². The maximum absolute atomic E-state index is 12.7. The van der Waals surface area contributed by atoms with Crippen LogP contribution in [0, 0.1) is 0 Å². The van der Waals surface area contributed by atoms with Crippen LogP contribution in [0.15, 0.2) is 36.7 Å². The van der Waals surface area contributed by atoms with Crippen LogP contribution in [-0.2, 0) is 10.9 Å². The second-order valence-electron chi connectivity index (χ2n) is 4.28. The van der Waals surface area contributed by atoms with Crippen LogP contribution in [0.5, 0.6) is 0 Å². The Bertz CT molecular complexity index is 747. The van der Waals surface area contributed by atoms with E-state index in [1.165, 1.54) is 18.5 Å². The summed E-state index contributed by atoms with van der Waals surface area (Å²) in [5.74, 6) is -1.90. The van der Waals surface area contributed by atoms with Gasteiger partial charge in [0.15, 0.2) is 11.5 Å². The number of carbonyl (C=O) groups excluding carboxylic acids is 2. The van der Waals surface area contributed by atoms with E-state index < -0.39 is 23.6 Å². The Morgan fingerprint density at radius 3 is 2.52 bits per heavy atom. The smallest absolute Gasteiger partial charge is 0.416 e. The molecule has 9 heteroatoms. The van der Waals surface area contributed by atoms with Crippen LogP contribution in [0.25, 0.3) is 0 Å². The molecule has 6 nitrogen and oxygen atoms in total. The molecule has 0 saturated carbocycles. The van der Waals surface area contributed by atoms with Crippen molar-refractivity contribution in [2.75, 3.05) is 12.4 Å². The Balaban J connectivity index is 2.29. The van der Waals surface area contributed by atoms with Crippen LogP contribution in [0.3, 0.4) is 0 Å². The number of rotatable bonds is 3. The van der Waals surface area contributed by atoms with Gasteiger partial charge in [0, 0.05) is 18.0 Å². The molecule has 0 atom stereocenters. The van der Waals surface area contributed by atoms with E-state index in [4.69, 9.17) is 0 Å². The van der Waals surface area contributed by atoms with Gasteiger partial charge in [0.05, 0.1) is 12.7 Å². The van der Waals surface area contributed by atoms with Crippen molar-refractivity contribution in [2.24, 2.45) is 0 Å². The largest absolute Gasteiger partial charge is 0.464 e. The predicted octanol–water partition coefficient (Wildman–Crippen LogP) is 2.53. The summed E-state index contributed by atoms with van der Waals surface area (Å²) in [5, 5.41) is 2.24. The Hall–Kier alpha value is -2.97. The number of aromatic nitrogens is 2. The first-order chi connectivity index (χ1) is 10.8. The molecule has 0 unspecified atom stereocenters. The van der Waals surface area contributed by atoms with Crippen molar-refractivity contribution >= 4 is 17.7 Å². The molecule has 0 spiro atoms. The summed E-state index contributed by atoms with van der Waals surface area (Å²) >= 11 is 0. The van der Waals surface area contributed by atoms with Gasteiger partial charge in [-0.05, 0) is 18.2 Å². The number of alkyl halides is 3. The molecule has 1 aromatic carbocycles. The second kappa shape index (κ2) is 6.42. The lowest BCUT2D eigenvalue weighted by Gasteiger charge is -2.10. The molecule has 0 fully saturated rings. The maximum Gasteiger partial charge on any atom is 0.416 e. The number of methoxy groups -OCH3 is 1. The fraction of sp³-hybridized carbons (Fsp3) is 0.143. The fourth-order valence-electron chi connectivity index (χ4n) is 1.69. The minimum Gasteiger partial charge on any atom is -0.464 e. The van der Waals surface area contributed by atoms with E-state index in [1.54, 1.807) is 0 Å². The number of nitrogens with one attached hydrogen (secondary N) is 1. The third-order valence-electron chi connectivity index (χ3n) is 2.76. The van der Waals surface area contributed by atoms with E-state index in [2.05, 4.69) is 20.0 Å². The molecule has 1 aromatic heterocycles. The van der Waals surface area contributed by atoms with Gasteiger partial charge >= 0.3 is 12.1 Å². The molecular formula is C14H10F3N3O3. The predicted molar refractivity (Wildman–Crippen MR) is 72.8 cm³/mol. The molecule has 0 aliphatic rings. The summed E-state index contributed by atoms with van der Waals surface area (Å²) in [4.78, 5) is 31.1. The third-order valence-corrected chi connectivity index (χ3v) is 2.76. The molecular weight excluding hydrogens is 315 g/mol. The lowest BCUT2D eigenvalue weighted by Crippen LogP contribution is -2.18. The van der Waals surface area contributed by atoms with Gasteiger partial charge in [0.25, 0.3) is 5.91 Å². The van der Waals surface area contributed by atoms with E-state index in [0.29, 0.717) is 6.07 Å². The molecule has 0 aliphatic carbocycles. The molecule has 2 rings (SSSR count).